The first-order valence-corrected chi connectivity index (χ1v) is 6.73. The Morgan fingerprint density at radius 1 is 1.45 bits per heavy atom. The minimum Gasteiger partial charge on any atom is -0.476 e. The molecule has 7 heteroatoms. The molecule has 1 fully saturated rings. The van der Waals surface area contributed by atoms with Crippen LogP contribution in [0.2, 0.25) is 0 Å². The highest BCUT2D eigenvalue weighted by Gasteiger charge is 2.19. The molecular formula is C15H12FN3O3. The average Bonchev–Trinajstić information content (AvgIpc) is 3.15. The van der Waals surface area contributed by atoms with Crippen LogP contribution in [0.5, 0.6) is 11.6 Å². The van der Waals surface area contributed by atoms with E-state index < -0.39 is 11.8 Å². The lowest BCUT2D eigenvalue weighted by Crippen LogP contribution is -2.00. The number of aromatic amines is 1. The van der Waals surface area contributed by atoms with E-state index in [1.165, 1.54) is 25.0 Å². The monoisotopic (exact) mass is 301 g/mol. The minimum absolute atomic E-state index is 0.129. The van der Waals surface area contributed by atoms with Crippen LogP contribution in [0.25, 0.3) is 0 Å². The molecule has 1 aromatic carbocycles. The zero-order valence-corrected chi connectivity index (χ0v) is 11.5. The van der Waals surface area contributed by atoms with Gasteiger partial charge in [0.05, 0.1) is 0 Å². The topological polar surface area (TPSA) is 88.1 Å². The Bertz CT molecular complexity index is 772. The molecule has 0 amide bonds. The summed E-state index contributed by atoms with van der Waals surface area (Å²) in [7, 11) is 0. The zero-order valence-electron chi connectivity index (χ0n) is 11.5. The van der Waals surface area contributed by atoms with Gasteiger partial charge in [0.15, 0.2) is 0 Å². The highest BCUT2D eigenvalue weighted by Crippen LogP contribution is 2.31. The maximum absolute atomic E-state index is 13.6. The summed E-state index contributed by atoms with van der Waals surface area (Å²) >= 11 is 0. The van der Waals surface area contributed by atoms with Gasteiger partial charge in [-0.05, 0) is 30.9 Å². The average molecular weight is 301 g/mol. The number of H-pyrrole nitrogens is 1. The Hall–Kier alpha value is -2.88. The standard InChI is InChI=1S/C15H12FN3O3/c16-11-6-10(3-1-2-9-4-5-9)7-12(8-11)22-14-13(15(20)21)17-19-18-14/h6-9H,2,4-5H2,(H,20,21)(H,17,18,19). The van der Waals surface area contributed by atoms with Crippen LogP contribution in [0, 0.1) is 23.6 Å². The Morgan fingerprint density at radius 2 is 2.27 bits per heavy atom. The van der Waals surface area contributed by atoms with Gasteiger partial charge in [0.2, 0.25) is 5.69 Å². The lowest BCUT2D eigenvalue weighted by Gasteiger charge is -2.04. The molecule has 1 aliphatic rings. The summed E-state index contributed by atoms with van der Waals surface area (Å²) in [5, 5.41) is 18.0. The number of carboxylic acid groups (broad SMARTS) is 1. The van der Waals surface area contributed by atoms with E-state index in [9.17, 15) is 9.18 Å². The SMILES string of the molecule is O=C(O)c1nn[nH]c1Oc1cc(F)cc(C#CCC2CC2)c1. The van der Waals surface area contributed by atoms with Gasteiger partial charge in [-0.25, -0.2) is 14.3 Å². The molecule has 0 radical (unpaired) electrons. The summed E-state index contributed by atoms with van der Waals surface area (Å²) in [6.07, 6.45) is 3.22. The minimum atomic E-state index is -1.29. The number of halogens is 1. The predicted molar refractivity (Wildman–Crippen MR) is 74.0 cm³/mol. The van der Waals surface area contributed by atoms with Crippen molar-refractivity contribution in [2.24, 2.45) is 5.92 Å². The zero-order chi connectivity index (χ0) is 15.5. The first-order valence-electron chi connectivity index (χ1n) is 6.73. The van der Waals surface area contributed by atoms with E-state index in [1.807, 2.05) is 0 Å². The number of carbonyl (C=O) groups is 1. The summed E-state index contributed by atoms with van der Waals surface area (Å²) < 4.78 is 18.9. The number of benzene rings is 1. The molecule has 1 heterocycles. The third kappa shape index (κ3) is 3.41. The van der Waals surface area contributed by atoms with E-state index in [4.69, 9.17) is 9.84 Å². The molecule has 1 saturated carbocycles. The number of nitrogens with zero attached hydrogens (tertiary/aromatic N) is 2. The smallest absolute Gasteiger partial charge is 0.362 e. The largest absolute Gasteiger partial charge is 0.476 e. The van der Waals surface area contributed by atoms with Gasteiger partial charge in [-0.2, -0.15) is 0 Å². The Kier molecular flexibility index (Phi) is 3.74. The van der Waals surface area contributed by atoms with Crippen LogP contribution in [0.1, 0.15) is 35.3 Å². The fourth-order valence-electron chi connectivity index (χ4n) is 1.86. The number of carboxylic acids is 1. The van der Waals surface area contributed by atoms with Gasteiger partial charge in [0, 0.05) is 18.1 Å². The van der Waals surface area contributed by atoms with Crippen molar-refractivity contribution in [2.75, 3.05) is 0 Å². The number of aromatic carboxylic acids is 1. The molecule has 0 aliphatic heterocycles. The number of hydrogen-bond acceptors (Lipinski definition) is 4. The Labute approximate surface area is 125 Å². The summed E-state index contributed by atoms with van der Waals surface area (Å²) in [5.41, 5.74) is 0.102. The molecule has 0 saturated heterocycles. The van der Waals surface area contributed by atoms with E-state index in [0.717, 1.165) is 12.5 Å². The van der Waals surface area contributed by atoms with Crippen LogP contribution in [-0.2, 0) is 0 Å². The number of rotatable bonds is 4. The highest BCUT2D eigenvalue weighted by atomic mass is 19.1. The van der Waals surface area contributed by atoms with Gasteiger partial charge < -0.3 is 9.84 Å². The molecule has 1 aromatic heterocycles. The number of nitrogens with one attached hydrogen (secondary N) is 1. The molecule has 0 bridgehead atoms. The second-order valence-corrected chi connectivity index (χ2v) is 5.02. The van der Waals surface area contributed by atoms with Crippen molar-refractivity contribution in [2.45, 2.75) is 19.3 Å². The van der Waals surface area contributed by atoms with Crippen molar-refractivity contribution < 1.29 is 19.0 Å². The second-order valence-electron chi connectivity index (χ2n) is 5.02. The molecule has 0 atom stereocenters. The Balaban J connectivity index is 1.80. The summed E-state index contributed by atoms with van der Waals surface area (Å²) in [6, 6.07) is 3.98. The van der Waals surface area contributed by atoms with Gasteiger partial charge >= 0.3 is 5.97 Å². The van der Waals surface area contributed by atoms with Gasteiger partial charge in [0.1, 0.15) is 11.6 Å². The van der Waals surface area contributed by atoms with E-state index in [0.29, 0.717) is 11.5 Å². The number of aromatic nitrogens is 3. The van der Waals surface area contributed by atoms with Crippen molar-refractivity contribution in [1.82, 2.24) is 15.4 Å². The lowest BCUT2D eigenvalue weighted by molar-refractivity contribution is 0.0687. The van der Waals surface area contributed by atoms with Crippen LogP contribution in [0.3, 0.4) is 0 Å². The van der Waals surface area contributed by atoms with Crippen LogP contribution >= 0.6 is 0 Å². The lowest BCUT2D eigenvalue weighted by atomic mass is 10.2. The van der Waals surface area contributed by atoms with Crippen molar-refractivity contribution in [3.8, 4) is 23.5 Å². The molecule has 6 nitrogen and oxygen atoms in total. The van der Waals surface area contributed by atoms with Crippen molar-refractivity contribution in [1.29, 1.82) is 0 Å². The molecule has 0 unspecified atom stereocenters. The summed E-state index contributed by atoms with van der Waals surface area (Å²) in [4.78, 5) is 10.9. The third-order valence-electron chi connectivity index (χ3n) is 3.13. The third-order valence-corrected chi connectivity index (χ3v) is 3.13. The predicted octanol–water partition coefficient (Wildman–Crippen LogP) is 2.59. The van der Waals surface area contributed by atoms with Crippen LogP contribution in [-0.4, -0.2) is 26.5 Å². The molecule has 1 aliphatic carbocycles. The first kappa shape index (κ1) is 14.1. The Morgan fingerprint density at radius 3 is 3.00 bits per heavy atom. The van der Waals surface area contributed by atoms with Crippen LogP contribution < -0.4 is 4.74 Å². The molecule has 3 rings (SSSR count). The quantitative estimate of drug-likeness (QED) is 0.847. The summed E-state index contributed by atoms with van der Waals surface area (Å²) in [6.45, 7) is 0. The van der Waals surface area contributed by atoms with Crippen molar-refractivity contribution in [3.05, 3.63) is 35.3 Å². The first-order chi connectivity index (χ1) is 10.6. The maximum atomic E-state index is 13.6. The fourth-order valence-corrected chi connectivity index (χ4v) is 1.86. The molecule has 2 aromatic rings. The van der Waals surface area contributed by atoms with E-state index >= 15 is 0 Å². The van der Waals surface area contributed by atoms with Crippen LogP contribution in [0.4, 0.5) is 4.39 Å². The van der Waals surface area contributed by atoms with E-state index in [-0.39, 0.29) is 17.3 Å². The molecule has 22 heavy (non-hydrogen) atoms. The highest BCUT2D eigenvalue weighted by molar-refractivity contribution is 5.87. The second kappa shape index (κ2) is 5.85. The van der Waals surface area contributed by atoms with Gasteiger partial charge in [0.25, 0.3) is 5.88 Å². The van der Waals surface area contributed by atoms with E-state index in [2.05, 4.69) is 27.3 Å². The molecule has 112 valence electrons. The maximum Gasteiger partial charge on any atom is 0.362 e. The molecule has 2 N–H and O–H groups in total. The summed E-state index contributed by atoms with van der Waals surface area (Å²) in [5.74, 6) is 4.73. The van der Waals surface area contributed by atoms with Gasteiger partial charge in [-0.15, -0.1) is 5.10 Å². The van der Waals surface area contributed by atoms with Crippen LogP contribution in [0.15, 0.2) is 18.2 Å². The van der Waals surface area contributed by atoms with E-state index in [1.54, 1.807) is 0 Å². The number of ether oxygens (including phenoxy) is 1. The van der Waals surface area contributed by atoms with Crippen molar-refractivity contribution >= 4 is 5.97 Å². The number of hydrogen-bond donors (Lipinski definition) is 2. The molecule has 0 spiro atoms. The molecular weight excluding hydrogens is 289 g/mol. The fraction of sp³-hybridized carbons (Fsp3) is 0.267. The normalized spacial score (nSPS) is 13.3. The van der Waals surface area contributed by atoms with Gasteiger partial charge in [-0.3, -0.25) is 0 Å². The van der Waals surface area contributed by atoms with Crippen molar-refractivity contribution in [3.63, 3.8) is 0 Å². The van der Waals surface area contributed by atoms with Gasteiger partial charge in [-0.1, -0.05) is 17.1 Å².